The lowest BCUT2D eigenvalue weighted by molar-refractivity contribution is -0.149. The molecule has 0 fully saturated rings. The van der Waals surface area contributed by atoms with Crippen molar-refractivity contribution in [3.63, 3.8) is 0 Å². The Hall–Kier alpha value is -1.72. The van der Waals surface area contributed by atoms with Crippen LogP contribution in [0.3, 0.4) is 0 Å². The summed E-state index contributed by atoms with van der Waals surface area (Å²) in [6, 6.07) is 7.15. The molecule has 0 N–H and O–H groups in total. The Balaban J connectivity index is 2.72. The molecule has 0 radical (unpaired) electrons. The summed E-state index contributed by atoms with van der Waals surface area (Å²) in [5.74, 6) is 0.414. The van der Waals surface area contributed by atoms with Crippen molar-refractivity contribution in [2.45, 2.75) is 39.4 Å². The zero-order valence-corrected chi connectivity index (χ0v) is 13.1. The van der Waals surface area contributed by atoms with Crippen LogP contribution in [0.5, 0.6) is 5.75 Å². The Bertz CT molecular complexity index is 469. The largest absolute Gasteiger partial charge is 0.497 e. The number of rotatable bonds is 7. The van der Waals surface area contributed by atoms with Crippen LogP contribution in [0, 0.1) is 5.92 Å². The molecule has 1 amide bonds. The summed E-state index contributed by atoms with van der Waals surface area (Å²) in [5, 5.41) is 0. The van der Waals surface area contributed by atoms with E-state index in [1.54, 1.807) is 19.2 Å². The van der Waals surface area contributed by atoms with Crippen LogP contribution in [-0.4, -0.2) is 30.6 Å². The van der Waals surface area contributed by atoms with Crippen LogP contribution in [0.4, 0.5) is 13.2 Å². The predicted molar refractivity (Wildman–Crippen MR) is 78.5 cm³/mol. The summed E-state index contributed by atoms with van der Waals surface area (Å²) in [4.78, 5) is 13.5. The van der Waals surface area contributed by atoms with E-state index in [1.165, 1.54) is 4.90 Å². The summed E-state index contributed by atoms with van der Waals surface area (Å²) in [5.41, 5.74) is 0.863. The Morgan fingerprint density at radius 1 is 1.23 bits per heavy atom. The minimum Gasteiger partial charge on any atom is -0.497 e. The van der Waals surface area contributed by atoms with Gasteiger partial charge in [-0.1, -0.05) is 26.0 Å². The molecule has 3 nitrogen and oxygen atoms in total. The number of hydrogen-bond acceptors (Lipinski definition) is 2. The van der Waals surface area contributed by atoms with Crippen LogP contribution in [0.25, 0.3) is 0 Å². The van der Waals surface area contributed by atoms with E-state index in [0.717, 1.165) is 5.56 Å². The number of benzene rings is 1. The van der Waals surface area contributed by atoms with E-state index in [-0.39, 0.29) is 5.92 Å². The van der Waals surface area contributed by atoms with E-state index in [1.807, 2.05) is 26.0 Å². The molecule has 0 spiro atoms. The molecule has 1 aromatic carbocycles. The summed E-state index contributed by atoms with van der Waals surface area (Å²) < 4.78 is 41.9. The second kappa shape index (κ2) is 8.06. The first-order valence-electron chi connectivity index (χ1n) is 7.18. The van der Waals surface area contributed by atoms with E-state index >= 15 is 0 Å². The van der Waals surface area contributed by atoms with Crippen LogP contribution in [-0.2, 0) is 11.3 Å². The summed E-state index contributed by atoms with van der Waals surface area (Å²) in [7, 11) is 1.56. The Kier molecular flexibility index (Phi) is 6.71. The Labute approximate surface area is 129 Å². The number of hydrogen-bond donors (Lipinski definition) is 0. The number of amides is 1. The van der Waals surface area contributed by atoms with Gasteiger partial charge in [-0.2, -0.15) is 13.2 Å². The van der Waals surface area contributed by atoms with E-state index in [0.29, 0.717) is 18.8 Å². The zero-order chi connectivity index (χ0) is 16.8. The first-order chi connectivity index (χ1) is 10.2. The molecular weight excluding hydrogens is 295 g/mol. The zero-order valence-electron chi connectivity index (χ0n) is 13.1. The topological polar surface area (TPSA) is 29.5 Å². The number of alkyl halides is 3. The normalized spacial score (nSPS) is 11.6. The lowest BCUT2D eigenvalue weighted by Gasteiger charge is -2.25. The van der Waals surface area contributed by atoms with Crippen LogP contribution < -0.4 is 4.74 Å². The van der Waals surface area contributed by atoms with Gasteiger partial charge < -0.3 is 9.64 Å². The standard InChI is InChI=1S/C16H22F3NO2/c1-12(2)10-20(15(21)8-9-16(17,18)19)11-13-4-6-14(22-3)7-5-13/h4-7,12H,8-11H2,1-3H3. The first kappa shape index (κ1) is 18.3. The van der Waals surface area contributed by atoms with Crippen LogP contribution in [0.2, 0.25) is 0 Å². The van der Waals surface area contributed by atoms with Crippen LogP contribution in [0.15, 0.2) is 24.3 Å². The molecule has 1 rings (SSSR count). The number of carbonyl (C=O) groups excluding carboxylic acids is 1. The van der Waals surface area contributed by atoms with Crippen LogP contribution in [0.1, 0.15) is 32.3 Å². The van der Waals surface area contributed by atoms with Gasteiger partial charge in [-0.15, -0.1) is 0 Å². The minimum absolute atomic E-state index is 0.188. The maximum atomic E-state index is 12.3. The molecule has 0 heterocycles. The van der Waals surface area contributed by atoms with Crippen LogP contribution >= 0.6 is 0 Å². The monoisotopic (exact) mass is 317 g/mol. The minimum atomic E-state index is -4.31. The van der Waals surface area contributed by atoms with Gasteiger partial charge in [0.15, 0.2) is 0 Å². The summed E-state index contributed by atoms with van der Waals surface area (Å²) in [6.07, 6.45) is -5.89. The maximum absolute atomic E-state index is 12.3. The van der Waals surface area contributed by atoms with Gasteiger partial charge in [0.25, 0.3) is 0 Å². The molecule has 1 aromatic rings. The molecule has 6 heteroatoms. The van der Waals surface area contributed by atoms with Gasteiger partial charge in [0.05, 0.1) is 13.5 Å². The molecule has 0 aliphatic carbocycles. The number of halogens is 3. The third-order valence-electron chi connectivity index (χ3n) is 3.09. The maximum Gasteiger partial charge on any atom is 0.389 e. The van der Waals surface area contributed by atoms with E-state index < -0.39 is 24.9 Å². The third-order valence-corrected chi connectivity index (χ3v) is 3.09. The molecule has 0 aromatic heterocycles. The number of carbonyl (C=O) groups is 1. The molecule has 124 valence electrons. The van der Waals surface area contributed by atoms with Crippen molar-refractivity contribution in [3.8, 4) is 5.75 Å². The molecule has 0 bridgehead atoms. The summed E-state index contributed by atoms with van der Waals surface area (Å²) in [6.45, 7) is 4.59. The van der Waals surface area contributed by atoms with Gasteiger partial charge in [0.1, 0.15) is 5.75 Å². The van der Waals surface area contributed by atoms with Gasteiger partial charge in [0, 0.05) is 19.5 Å². The summed E-state index contributed by atoms with van der Waals surface area (Å²) >= 11 is 0. The van der Waals surface area contributed by atoms with Crippen molar-refractivity contribution in [1.29, 1.82) is 0 Å². The SMILES string of the molecule is COc1ccc(CN(CC(C)C)C(=O)CCC(F)(F)F)cc1. The molecule has 0 atom stereocenters. The molecule has 0 saturated carbocycles. The smallest absolute Gasteiger partial charge is 0.389 e. The quantitative estimate of drug-likeness (QED) is 0.760. The highest BCUT2D eigenvalue weighted by atomic mass is 19.4. The van der Waals surface area contributed by atoms with E-state index in [9.17, 15) is 18.0 Å². The number of ether oxygens (including phenoxy) is 1. The van der Waals surface area contributed by atoms with Crippen molar-refractivity contribution < 1.29 is 22.7 Å². The molecule has 0 unspecified atom stereocenters. The van der Waals surface area contributed by atoms with Gasteiger partial charge in [0.2, 0.25) is 5.91 Å². The van der Waals surface area contributed by atoms with Gasteiger partial charge in [-0.25, -0.2) is 0 Å². The highest BCUT2D eigenvalue weighted by Gasteiger charge is 2.29. The second-order valence-corrected chi connectivity index (χ2v) is 5.63. The Morgan fingerprint density at radius 3 is 2.27 bits per heavy atom. The van der Waals surface area contributed by atoms with Gasteiger partial charge in [-0.05, 0) is 23.6 Å². The molecule has 22 heavy (non-hydrogen) atoms. The highest BCUT2D eigenvalue weighted by molar-refractivity contribution is 5.76. The predicted octanol–water partition coefficient (Wildman–Crippen LogP) is 4.02. The van der Waals surface area contributed by atoms with Crippen molar-refractivity contribution in [2.24, 2.45) is 5.92 Å². The highest BCUT2D eigenvalue weighted by Crippen LogP contribution is 2.22. The number of methoxy groups -OCH3 is 1. The van der Waals surface area contributed by atoms with Crippen molar-refractivity contribution in [2.75, 3.05) is 13.7 Å². The number of nitrogens with zero attached hydrogens (tertiary/aromatic N) is 1. The third kappa shape index (κ3) is 6.83. The average molecular weight is 317 g/mol. The van der Waals surface area contributed by atoms with Crippen molar-refractivity contribution in [1.82, 2.24) is 4.90 Å². The average Bonchev–Trinajstić information content (AvgIpc) is 2.43. The first-order valence-corrected chi connectivity index (χ1v) is 7.18. The second-order valence-electron chi connectivity index (χ2n) is 5.63. The van der Waals surface area contributed by atoms with Crippen molar-refractivity contribution in [3.05, 3.63) is 29.8 Å². The molecule has 0 saturated heterocycles. The lowest BCUT2D eigenvalue weighted by Crippen LogP contribution is -2.34. The van der Waals surface area contributed by atoms with Crippen molar-refractivity contribution >= 4 is 5.91 Å². The molecule has 0 aliphatic heterocycles. The van der Waals surface area contributed by atoms with E-state index in [4.69, 9.17) is 4.74 Å². The fourth-order valence-corrected chi connectivity index (χ4v) is 2.05. The fourth-order valence-electron chi connectivity index (χ4n) is 2.05. The van der Waals surface area contributed by atoms with E-state index in [2.05, 4.69) is 0 Å². The Morgan fingerprint density at radius 2 is 1.82 bits per heavy atom. The molecule has 0 aliphatic rings. The van der Waals surface area contributed by atoms with Gasteiger partial charge >= 0.3 is 6.18 Å². The fraction of sp³-hybridized carbons (Fsp3) is 0.562. The van der Waals surface area contributed by atoms with Gasteiger partial charge in [-0.3, -0.25) is 4.79 Å². The lowest BCUT2D eigenvalue weighted by atomic mass is 10.1. The molecular formula is C16H22F3NO2.